The lowest BCUT2D eigenvalue weighted by Crippen LogP contribution is -2.52. The molecule has 0 aliphatic carbocycles. The Labute approximate surface area is 201 Å². The number of aliphatic hydroxyl groups is 2. The smallest absolute Gasteiger partial charge is 0.248 e. The third-order valence-electron chi connectivity index (χ3n) is 7.01. The number of aromatic nitrogens is 3. The van der Waals surface area contributed by atoms with Crippen LogP contribution in [0.25, 0.3) is 0 Å². The van der Waals surface area contributed by atoms with Crippen LogP contribution in [-0.4, -0.2) is 112 Å². The van der Waals surface area contributed by atoms with E-state index in [1.807, 2.05) is 20.8 Å². The molecule has 1 unspecified atom stereocenters. The van der Waals surface area contributed by atoms with Crippen LogP contribution in [0.1, 0.15) is 51.8 Å². The predicted molar refractivity (Wildman–Crippen MR) is 125 cm³/mol. The molecule has 3 rings (SSSR count). The Morgan fingerprint density at radius 1 is 1.38 bits per heavy atom. The number of amides is 2. The van der Waals surface area contributed by atoms with Gasteiger partial charge in [0.2, 0.25) is 11.8 Å². The first-order chi connectivity index (χ1) is 16.0. The van der Waals surface area contributed by atoms with Gasteiger partial charge in [0.25, 0.3) is 0 Å². The topological polar surface area (TPSA) is 133 Å². The van der Waals surface area contributed by atoms with Gasteiger partial charge in [-0.25, -0.2) is 4.68 Å². The van der Waals surface area contributed by atoms with Crippen molar-refractivity contribution in [2.45, 2.75) is 70.2 Å². The fourth-order valence-electron chi connectivity index (χ4n) is 5.08. The van der Waals surface area contributed by atoms with Gasteiger partial charge in [-0.1, -0.05) is 26.0 Å². The van der Waals surface area contributed by atoms with Crippen molar-refractivity contribution in [1.29, 1.82) is 0 Å². The summed E-state index contributed by atoms with van der Waals surface area (Å²) in [6.45, 7) is 8.30. The van der Waals surface area contributed by atoms with Gasteiger partial charge >= 0.3 is 0 Å². The molecule has 1 aromatic heterocycles. The average molecular weight is 481 g/mol. The second kappa shape index (κ2) is 10.7. The molecule has 4 atom stereocenters. The fraction of sp³-hybridized carbons (Fsp3) is 0.826. The number of rotatable bonds is 8. The molecule has 2 fully saturated rings. The number of carbonyl (C=O) groups excluding carboxylic acids is 2. The number of hydrogen-bond acceptors (Lipinski definition) is 8. The first-order valence-electron chi connectivity index (χ1n) is 12.0. The fourth-order valence-corrected chi connectivity index (χ4v) is 5.08. The monoisotopic (exact) mass is 480 g/mol. The van der Waals surface area contributed by atoms with E-state index in [0.717, 1.165) is 31.6 Å². The van der Waals surface area contributed by atoms with E-state index >= 15 is 0 Å². The van der Waals surface area contributed by atoms with Crippen LogP contribution in [0, 0.1) is 5.41 Å². The highest BCUT2D eigenvalue weighted by Crippen LogP contribution is 2.34. The van der Waals surface area contributed by atoms with Gasteiger partial charge in [0.05, 0.1) is 18.4 Å². The van der Waals surface area contributed by atoms with Crippen LogP contribution in [0.2, 0.25) is 0 Å². The van der Waals surface area contributed by atoms with Gasteiger partial charge in [0, 0.05) is 52.8 Å². The number of carbonyl (C=O) groups is 2. The summed E-state index contributed by atoms with van der Waals surface area (Å²) in [6.07, 6.45) is 3.73. The summed E-state index contributed by atoms with van der Waals surface area (Å²) in [7, 11) is 3.17. The van der Waals surface area contributed by atoms with Crippen molar-refractivity contribution in [2.75, 3.05) is 46.9 Å². The van der Waals surface area contributed by atoms with Crippen LogP contribution in [0.5, 0.6) is 0 Å². The first kappa shape index (κ1) is 26.5. The largest absolute Gasteiger partial charge is 0.393 e. The molecule has 2 saturated heterocycles. The van der Waals surface area contributed by atoms with Gasteiger partial charge in [0.15, 0.2) is 0 Å². The SMILES string of the molecule is CNC(=O)[C@H]1C[C@H](O)CN1C(=O)[C@H](n1cc(CCN2CCCC(CO)(OC)C2)nn1)C(C)(C)C. The summed E-state index contributed by atoms with van der Waals surface area (Å²) in [5, 5.41) is 31.1. The molecule has 0 spiro atoms. The zero-order valence-electron chi connectivity index (χ0n) is 21.0. The molecule has 11 nitrogen and oxygen atoms in total. The maximum absolute atomic E-state index is 13.6. The molecule has 3 heterocycles. The highest BCUT2D eigenvalue weighted by atomic mass is 16.5. The van der Waals surface area contributed by atoms with Crippen molar-refractivity contribution in [3.63, 3.8) is 0 Å². The molecular weight excluding hydrogens is 440 g/mol. The van der Waals surface area contributed by atoms with Gasteiger partial charge in [0.1, 0.15) is 17.7 Å². The van der Waals surface area contributed by atoms with E-state index in [2.05, 4.69) is 20.5 Å². The molecular formula is C23H40N6O5. The molecule has 0 aromatic carbocycles. The summed E-state index contributed by atoms with van der Waals surface area (Å²) in [5.41, 5.74) is -0.236. The Morgan fingerprint density at radius 3 is 2.74 bits per heavy atom. The zero-order chi connectivity index (χ0) is 25.1. The van der Waals surface area contributed by atoms with E-state index in [4.69, 9.17) is 4.74 Å². The minimum Gasteiger partial charge on any atom is -0.393 e. The standard InChI is InChI=1S/C23H40N6O5/c1-22(2,3)19(21(33)28-13-17(31)11-18(28)20(32)24-4)29-12-16(25-26-29)7-10-27-9-6-8-23(14-27,15-30)34-5/h12,17-19,30-31H,6-11,13-15H2,1-5H3,(H,24,32)/t17-,18+,19-,23?/m0/s1. The second-order valence-electron chi connectivity index (χ2n) is 10.6. The van der Waals surface area contributed by atoms with E-state index in [-0.39, 0.29) is 31.4 Å². The molecule has 0 radical (unpaired) electrons. The zero-order valence-corrected chi connectivity index (χ0v) is 21.0. The molecule has 2 amide bonds. The number of methoxy groups -OCH3 is 1. The minimum atomic E-state index is -0.735. The average Bonchev–Trinajstić information content (AvgIpc) is 3.43. The lowest BCUT2D eigenvalue weighted by molar-refractivity contribution is -0.144. The van der Waals surface area contributed by atoms with Crippen molar-refractivity contribution < 1.29 is 24.5 Å². The van der Waals surface area contributed by atoms with Crippen LogP contribution in [0.4, 0.5) is 0 Å². The van der Waals surface area contributed by atoms with E-state index in [1.54, 1.807) is 18.0 Å². The molecule has 0 saturated carbocycles. The molecule has 2 aliphatic rings. The number of ether oxygens (including phenoxy) is 1. The van der Waals surface area contributed by atoms with Crippen molar-refractivity contribution in [1.82, 2.24) is 30.1 Å². The van der Waals surface area contributed by atoms with Crippen molar-refractivity contribution >= 4 is 11.8 Å². The van der Waals surface area contributed by atoms with E-state index < -0.39 is 29.2 Å². The van der Waals surface area contributed by atoms with E-state index in [1.165, 1.54) is 11.9 Å². The first-order valence-corrected chi connectivity index (χ1v) is 12.0. The molecule has 1 aromatic rings. The van der Waals surface area contributed by atoms with Crippen LogP contribution < -0.4 is 5.32 Å². The molecule has 34 heavy (non-hydrogen) atoms. The van der Waals surface area contributed by atoms with Crippen LogP contribution >= 0.6 is 0 Å². The minimum absolute atomic E-state index is 0.00615. The van der Waals surface area contributed by atoms with Crippen LogP contribution in [-0.2, 0) is 20.7 Å². The highest BCUT2D eigenvalue weighted by Gasteiger charge is 2.45. The Kier molecular flexibility index (Phi) is 8.33. The van der Waals surface area contributed by atoms with Crippen molar-refractivity contribution in [2.24, 2.45) is 5.41 Å². The summed E-state index contributed by atoms with van der Waals surface area (Å²) in [5.74, 6) is -0.536. The molecule has 2 aliphatic heterocycles. The number of hydrogen-bond donors (Lipinski definition) is 3. The Hall–Kier alpha value is -2.08. The quantitative estimate of drug-likeness (QED) is 0.457. The van der Waals surface area contributed by atoms with Gasteiger partial charge in [-0.2, -0.15) is 0 Å². The Balaban J connectivity index is 1.72. The van der Waals surface area contributed by atoms with Crippen LogP contribution in [0.3, 0.4) is 0 Å². The lowest BCUT2D eigenvalue weighted by atomic mass is 9.85. The summed E-state index contributed by atoms with van der Waals surface area (Å²) in [4.78, 5) is 29.7. The number of likely N-dealkylation sites (N-methyl/N-ethyl adjacent to an activating group) is 1. The van der Waals surface area contributed by atoms with Gasteiger partial charge in [-0.15, -0.1) is 5.10 Å². The Bertz CT molecular complexity index is 849. The number of nitrogens with one attached hydrogen (secondary N) is 1. The summed E-state index contributed by atoms with van der Waals surface area (Å²) in [6, 6.07) is -1.37. The van der Waals surface area contributed by atoms with Crippen molar-refractivity contribution in [3.05, 3.63) is 11.9 Å². The number of β-amino-alcohol motifs (C(OH)–C–C–N with tert-alkyl or cyclic N) is 1. The van der Waals surface area contributed by atoms with E-state index in [0.29, 0.717) is 13.0 Å². The maximum Gasteiger partial charge on any atom is 0.248 e. The third-order valence-corrected chi connectivity index (χ3v) is 7.01. The number of nitrogens with zero attached hydrogens (tertiary/aromatic N) is 5. The Morgan fingerprint density at radius 2 is 2.12 bits per heavy atom. The normalized spacial score (nSPS) is 27.1. The lowest BCUT2D eigenvalue weighted by Gasteiger charge is -2.40. The molecule has 3 N–H and O–H groups in total. The van der Waals surface area contributed by atoms with Crippen LogP contribution in [0.15, 0.2) is 6.20 Å². The number of aliphatic hydroxyl groups excluding tert-OH is 2. The van der Waals surface area contributed by atoms with E-state index in [9.17, 15) is 19.8 Å². The highest BCUT2D eigenvalue weighted by molar-refractivity contribution is 5.90. The van der Waals surface area contributed by atoms with Gasteiger partial charge in [-0.05, 0) is 24.8 Å². The van der Waals surface area contributed by atoms with Crippen molar-refractivity contribution in [3.8, 4) is 0 Å². The maximum atomic E-state index is 13.6. The second-order valence-corrected chi connectivity index (χ2v) is 10.6. The molecule has 192 valence electrons. The number of likely N-dealkylation sites (tertiary alicyclic amines) is 2. The molecule has 0 bridgehead atoms. The summed E-state index contributed by atoms with van der Waals surface area (Å²) < 4.78 is 7.18. The predicted octanol–water partition coefficient (Wildman–Crippen LogP) is -0.411. The number of piperidine rings is 1. The van der Waals surface area contributed by atoms with Gasteiger partial charge in [-0.3, -0.25) is 14.5 Å². The molecule has 11 heteroatoms. The third kappa shape index (κ3) is 5.76. The summed E-state index contributed by atoms with van der Waals surface area (Å²) >= 11 is 0. The van der Waals surface area contributed by atoms with Gasteiger partial charge < -0.3 is 25.2 Å².